The minimum atomic E-state index is 0.333. The third kappa shape index (κ3) is 4.08. The van der Waals surface area contributed by atoms with Crippen LogP contribution in [0.4, 0.5) is 0 Å². The van der Waals surface area contributed by atoms with Crippen LogP contribution >= 0.6 is 0 Å². The molecule has 0 aliphatic heterocycles. The van der Waals surface area contributed by atoms with Crippen LogP contribution in [0.5, 0.6) is 0 Å². The number of hydrogen-bond donors (Lipinski definition) is 0. The lowest BCUT2D eigenvalue weighted by molar-refractivity contribution is 0.728. The van der Waals surface area contributed by atoms with Crippen molar-refractivity contribution in [3.05, 3.63) is 182 Å². The predicted octanol–water partition coefficient (Wildman–Crippen LogP) is 13.0. The molecule has 0 fully saturated rings. The van der Waals surface area contributed by atoms with Crippen LogP contribution in [0, 0.1) is 5.92 Å². The van der Waals surface area contributed by atoms with Crippen LogP contribution in [0.15, 0.2) is 176 Å². The monoisotopic (exact) mass is 665 g/mol. The number of para-hydroxylation sites is 6. The quantitative estimate of drug-likeness (QED) is 0.178. The maximum absolute atomic E-state index is 2.54. The molecule has 3 aromatic heterocycles. The molecule has 3 nitrogen and oxygen atoms in total. The van der Waals surface area contributed by atoms with Gasteiger partial charge in [-0.2, -0.15) is 0 Å². The Labute approximate surface area is 301 Å². The number of aromatic nitrogens is 3. The van der Waals surface area contributed by atoms with Crippen LogP contribution in [-0.4, -0.2) is 13.7 Å². The molecule has 10 aromatic rings. The van der Waals surface area contributed by atoms with Crippen molar-refractivity contribution in [1.82, 2.24) is 13.7 Å². The molecule has 0 saturated carbocycles. The highest BCUT2D eigenvalue weighted by Crippen LogP contribution is 2.44. The first-order chi connectivity index (χ1) is 25.8. The van der Waals surface area contributed by atoms with E-state index in [1.165, 1.54) is 93.6 Å². The van der Waals surface area contributed by atoms with Crippen LogP contribution in [0.3, 0.4) is 0 Å². The van der Waals surface area contributed by atoms with Gasteiger partial charge in [0.2, 0.25) is 0 Å². The average molecular weight is 666 g/mol. The maximum atomic E-state index is 2.54. The van der Waals surface area contributed by atoms with Gasteiger partial charge in [0.15, 0.2) is 0 Å². The summed E-state index contributed by atoms with van der Waals surface area (Å²) < 4.78 is 7.44. The molecule has 246 valence electrons. The zero-order valence-electron chi connectivity index (χ0n) is 28.9. The summed E-state index contributed by atoms with van der Waals surface area (Å²) in [6.07, 6.45) is 5.73. The first-order valence-electron chi connectivity index (χ1n) is 18.3. The Hall–Kier alpha value is -6.58. The lowest BCUT2D eigenvalue weighted by Gasteiger charge is -2.27. The van der Waals surface area contributed by atoms with Gasteiger partial charge in [-0.1, -0.05) is 128 Å². The van der Waals surface area contributed by atoms with E-state index in [2.05, 4.69) is 197 Å². The van der Waals surface area contributed by atoms with Crippen LogP contribution in [0.2, 0.25) is 0 Å². The van der Waals surface area contributed by atoms with E-state index in [1.54, 1.807) is 0 Å². The highest BCUT2D eigenvalue weighted by molar-refractivity contribution is 6.14. The van der Waals surface area contributed by atoms with Gasteiger partial charge in [-0.25, -0.2) is 0 Å². The number of fused-ring (bicyclic) bond motifs is 9. The van der Waals surface area contributed by atoms with E-state index >= 15 is 0 Å². The molecule has 1 aliphatic carbocycles. The molecule has 0 spiro atoms. The smallest absolute Gasteiger partial charge is 0.0542 e. The molecule has 1 aliphatic rings. The van der Waals surface area contributed by atoms with Gasteiger partial charge in [-0.05, 0) is 61.0 Å². The summed E-state index contributed by atoms with van der Waals surface area (Å²) in [6.45, 7) is 2.38. The van der Waals surface area contributed by atoms with Crippen molar-refractivity contribution in [2.45, 2.75) is 13.3 Å². The second kappa shape index (κ2) is 11.2. The molecular formula is C49H35N3. The Balaban J connectivity index is 1.18. The second-order valence-corrected chi connectivity index (χ2v) is 14.1. The van der Waals surface area contributed by atoms with E-state index in [0.717, 1.165) is 6.42 Å². The Kier molecular flexibility index (Phi) is 6.29. The molecule has 7 aromatic carbocycles. The van der Waals surface area contributed by atoms with Crippen LogP contribution < -0.4 is 0 Å². The minimum Gasteiger partial charge on any atom is -0.312 e. The molecule has 3 heteroatoms. The summed E-state index contributed by atoms with van der Waals surface area (Å²) in [4.78, 5) is 0. The molecular weight excluding hydrogens is 631 g/mol. The fourth-order valence-corrected chi connectivity index (χ4v) is 9.06. The van der Waals surface area contributed by atoms with Crippen molar-refractivity contribution in [3.63, 3.8) is 0 Å². The Morgan fingerprint density at radius 2 is 0.865 bits per heavy atom. The van der Waals surface area contributed by atoms with Crippen molar-refractivity contribution in [1.29, 1.82) is 0 Å². The zero-order chi connectivity index (χ0) is 34.3. The highest BCUT2D eigenvalue weighted by atomic mass is 15.0. The second-order valence-electron chi connectivity index (χ2n) is 14.1. The van der Waals surface area contributed by atoms with Crippen molar-refractivity contribution < 1.29 is 0 Å². The molecule has 0 N–H and O–H groups in total. The number of allylic oxidation sites excluding steroid dienone is 4. The summed E-state index contributed by atoms with van der Waals surface area (Å²) >= 11 is 0. The first kappa shape index (κ1) is 29.2. The number of hydrogen-bond acceptors (Lipinski definition) is 0. The zero-order valence-corrected chi connectivity index (χ0v) is 28.9. The van der Waals surface area contributed by atoms with Crippen molar-refractivity contribution in [2.24, 2.45) is 5.92 Å². The van der Waals surface area contributed by atoms with Crippen molar-refractivity contribution in [2.75, 3.05) is 0 Å². The van der Waals surface area contributed by atoms with Gasteiger partial charge in [0.05, 0.1) is 38.8 Å². The molecule has 52 heavy (non-hydrogen) atoms. The lowest BCUT2D eigenvalue weighted by Crippen LogP contribution is -2.12. The topological polar surface area (TPSA) is 14.8 Å². The summed E-state index contributed by atoms with van der Waals surface area (Å²) in [5.74, 6) is 0.333. The summed E-state index contributed by atoms with van der Waals surface area (Å²) in [6, 6.07) is 60.1. The van der Waals surface area contributed by atoms with Crippen LogP contribution in [-0.2, 0) is 0 Å². The van der Waals surface area contributed by atoms with Gasteiger partial charge in [0.1, 0.15) is 0 Å². The Morgan fingerprint density at radius 3 is 1.44 bits per heavy atom. The number of rotatable bonds is 4. The van der Waals surface area contributed by atoms with Gasteiger partial charge in [-0.15, -0.1) is 0 Å². The Bertz CT molecular complexity index is 3020. The largest absolute Gasteiger partial charge is 0.312 e. The molecule has 0 amide bonds. The van der Waals surface area contributed by atoms with Crippen LogP contribution in [0.25, 0.3) is 88.1 Å². The predicted molar refractivity (Wildman–Crippen MR) is 221 cm³/mol. The van der Waals surface area contributed by atoms with Crippen LogP contribution in [0.1, 0.15) is 18.9 Å². The van der Waals surface area contributed by atoms with Gasteiger partial charge in [-0.3, -0.25) is 0 Å². The fourth-order valence-electron chi connectivity index (χ4n) is 9.06. The molecule has 0 bridgehead atoms. The summed E-state index contributed by atoms with van der Waals surface area (Å²) in [5.41, 5.74) is 13.6. The highest BCUT2D eigenvalue weighted by Gasteiger charge is 2.25. The Morgan fingerprint density at radius 1 is 0.423 bits per heavy atom. The lowest BCUT2D eigenvalue weighted by atomic mass is 9.88. The summed E-state index contributed by atoms with van der Waals surface area (Å²) in [5, 5.41) is 7.63. The van der Waals surface area contributed by atoms with Crippen molar-refractivity contribution in [3.8, 4) is 11.4 Å². The third-order valence-corrected chi connectivity index (χ3v) is 11.3. The average Bonchev–Trinajstić information content (AvgIpc) is 3.83. The SMILES string of the molecule is CC1CC=CC(c2ccccc2-n2c3ccccc3c3cc(-n4c5ccccc5c5ccccc54)ccc32)=C1n1c2ccccc2c2ccccc21. The number of nitrogens with zero attached hydrogens (tertiary/aromatic N) is 3. The van der Waals surface area contributed by atoms with E-state index in [0.29, 0.717) is 5.92 Å². The molecule has 11 rings (SSSR count). The van der Waals surface area contributed by atoms with E-state index < -0.39 is 0 Å². The van der Waals surface area contributed by atoms with Gasteiger partial charge in [0, 0.05) is 60.8 Å². The molecule has 1 atom stereocenters. The third-order valence-electron chi connectivity index (χ3n) is 11.3. The van der Waals surface area contributed by atoms with E-state index in [1.807, 2.05) is 0 Å². The van der Waals surface area contributed by atoms with Crippen molar-refractivity contribution >= 4 is 76.7 Å². The fraction of sp³-hybridized carbons (Fsp3) is 0.0612. The minimum absolute atomic E-state index is 0.333. The summed E-state index contributed by atoms with van der Waals surface area (Å²) in [7, 11) is 0. The molecule has 3 heterocycles. The number of benzene rings is 7. The normalized spacial score (nSPS) is 15.0. The molecule has 1 unspecified atom stereocenters. The van der Waals surface area contributed by atoms with Gasteiger partial charge in [0.25, 0.3) is 0 Å². The van der Waals surface area contributed by atoms with E-state index in [-0.39, 0.29) is 0 Å². The van der Waals surface area contributed by atoms with Gasteiger partial charge >= 0.3 is 0 Å². The first-order valence-corrected chi connectivity index (χ1v) is 18.3. The van der Waals surface area contributed by atoms with Gasteiger partial charge < -0.3 is 13.7 Å². The van der Waals surface area contributed by atoms with E-state index in [4.69, 9.17) is 0 Å². The van der Waals surface area contributed by atoms with E-state index in [9.17, 15) is 0 Å². The molecule has 0 radical (unpaired) electrons. The standard InChI is InChI=1S/C49H35N3/c1-32-15-14-22-40(49(32)52-46-27-12-4-18-36(46)37-19-5-13-28-47(37)52)38-20-6-10-25-44(38)51-45-26-11-7-21-39(45)41-31-33(29-30-48(41)51)50-42-23-8-2-16-34(42)35-17-3-9-24-43(35)50/h2-14,16-32H,15H2,1H3. The molecule has 0 saturated heterocycles. The maximum Gasteiger partial charge on any atom is 0.0542 e.